The van der Waals surface area contributed by atoms with Gasteiger partial charge in [-0.05, 0) is 66.3 Å². The Balaban J connectivity index is 1.51. The van der Waals surface area contributed by atoms with Gasteiger partial charge in [0.05, 0.1) is 6.54 Å². The minimum atomic E-state index is -0.156. The fraction of sp³-hybridized carbons (Fsp3) is 0.333. The summed E-state index contributed by atoms with van der Waals surface area (Å²) in [5, 5.41) is 0.718. The number of hydrogen-bond donors (Lipinski definition) is 0. The van der Waals surface area contributed by atoms with Gasteiger partial charge in [0, 0.05) is 55.3 Å². The molecule has 0 aliphatic carbocycles. The number of carbonyl (C=O) groups is 2. The molecule has 0 aliphatic heterocycles. The minimum absolute atomic E-state index is 0.00331. The summed E-state index contributed by atoms with van der Waals surface area (Å²) in [4.78, 5) is 31.1. The Hall–Kier alpha value is -3.87. The van der Waals surface area contributed by atoms with E-state index in [0.717, 1.165) is 27.4 Å². The third kappa shape index (κ3) is 9.31. The highest BCUT2D eigenvalue weighted by molar-refractivity contribution is 6.31. The van der Waals surface area contributed by atoms with Gasteiger partial charge in [0.2, 0.25) is 5.91 Å². The second-order valence-corrected chi connectivity index (χ2v) is 11.5. The molecule has 1 heterocycles. The summed E-state index contributed by atoms with van der Waals surface area (Å²) in [5.74, 6) is 0.0319. The predicted octanol–water partition coefficient (Wildman–Crippen LogP) is 7.41. The Bertz CT molecular complexity index is 1450. The van der Waals surface area contributed by atoms with E-state index in [4.69, 9.17) is 16.3 Å². The number of nitrogens with zero attached hydrogens (tertiary/aromatic N) is 3. The molecule has 4 rings (SSSR count). The zero-order valence-electron chi connectivity index (χ0n) is 25.4. The van der Waals surface area contributed by atoms with Crippen LogP contribution in [0.3, 0.4) is 0 Å². The van der Waals surface area contributed by atoms with Crippen molar-refractivity contribution >= 4 is 23.4 Å². The lowest BCUT2D eigenvalue weighted by molar-refractivity contribution is -0.133. The summed E-state index contributed by atoms with van der Waals surface area (Å²) in [7, 11) is 0. The molecular formula is C36H42ClN3O3. The average Bonchev–Trinajstić information content (AvgIpc) is 3.45. The molecular weight excluding hydrogens is 558 g/mol. The number of carbonyl (C=O) groups excluding carboxylic acids is 2. The normalized spacial score (nSPS) is 11.1. The lowest BCUT2D eigenvalue weighted by Crippen LogP contribution is -2.44. The van der Waals surface area contributed by atoms with E-state index in [0.29, 0.717) is 51.4 Å². The van der Waals surface area contributed by atoms with Gasteiger partial charge >= 0.3 is 0 Å². The van der Waals surface area contributed by atoms with Crippen molar-refractivity contribution in [1.82, 2.24) is 14.4 Å². The van der Waals surface area contributed by atoms with Gasteiger partial charge in [0.1, 0.15) is 6.54 Å². The first kappa shape index (κ1) is 32.1. The van der Waals surface area contributed by atoms with Crippen LogP contribution in [-0.4, -0.2) is 59.0 Å². The van der Waals surface area contributed by atoms with Gasteiger partial charge < -0.3 is 19.1 Å². The molecule has 0 spiro atoms. The summed E-state index contributed by atoms with van der Waals surface area (Å²) >= 11 is 6.43. The van der Waals surface area contributed by atoms with Gasteiger partial charge in [-0.2, -0.15) is 0 Å². The topological polar surface area (TPSA) is 54.8 Å². The van der Waals surface area contributed by atoms with Crippen LogP contribution in [0.25, 0.3) is 11.1 Å². The largest absolute Gasteiger partial charge is 0.382 e. The molecule has 0 atom stereocenters. The van der Waals surface area contributed by atoms with E-state index in [1.807, 2.05) is 109 Å². The molecule has 0 aliphatic rings. The van der Waals surface area contributed by atoms with Crippen LogP contribution >= 0.6 is 11.6 Å². The highest BCUT2D eigenvalue weighted by Crippen LogP contribution is 2.21. The first-order chi connectivity index (χ1) is 20.9. The summed E-state index contributed by atoms with van der Waals surface area (Å²) in [5.41, 5.74) is 4.73. The van der Waals surface area contributed by atoms with Crippen LogP contribution in [0.2, 0.25) is 5.02 Å². The van der Waals surface area contributed by atoms with Crippen molar-refractivity contribution in [3.63, 3.8) is 0 Å². The number of rotatable bonds is 15. The van der Waals surface area contributed by atoms with Gasteiger partial charge in [-0.1, -0.05) is 86.1 Å². The number of halogens is 1. The zero-order chi connectivity index (χ0) is 30.6. The Morgan fingerprint density at radius 2 is 1.56 bits per heavy atom. The highest BCUT2D eigenvalue weighted by Gasteiger charge is 2.24. The van der Waals surface area contributed by atoms with Crippen molar-refractivity contribution in [2.45, 2.75) is 40.3 Å². The van der Waals surface area contributed by atoms with Crippen LogP contribution in [0.15, 0.2) is 97.2 Å². The maximum absolute atomic E-state index is 13.9. The summed E-state index contributed by atoms with van der Waals surface area (Å²) in [6, 6.07) is 29.5. The first-order valence-electron chi connectivity index (χ1n) is 15.0. The van der Waals surface area contributed by atoms with Crippen LogP contribution in [0.4, 0.5) is 0 Å². The molecule has 0 N–H and O–H groups in total. The molecule has 7 heteroatoms. The lowest BCUT2D eigenvalue weighted by Gasteiger charge is -2.29. The maximum atomic E-state index is 13.9. The van der Waals surface area contributed by atoms with Crippen molar-refractivity contribution in [3.05, 3.63) is 119 Å². The van der Waals surface area contributed by atoms with Crippen molar-refractivity contribution in [1.29, 1.82) is 0 Å². The molecule has 6 nitrogen and oxygen atoms in total. The number of ether oxygens (including phenoxy) is 1. The Morgan fingerprint density at radius 3 is 2.26 bits per heavy atom. The van der Waals surface area contributed by atoms with Crippen molar-refractivity contribution in [2.75, 3.05) is 32.8 Å². The standard InChI is InChI=1S/C36H42ClN3O3/c1-4-43-23-11-22-39(36(42)31-19-17-30(18-20-31)29-12-6-5-7-13-29)27-35(41)40(24-28(2)3)26-33-15-10-21-38(33)25-32-14-8-9-16-34(32)37/h5-10,12-21,28H,4,11,22-27H2,1-3H3. The van der Waals surface area contributed by atoms with Gasteiger partial charge in [-0.3, -0.25) is 9.59 Å². The van der Waals surface area contributed by atoms with Crippen molar-refractivity contribution < 1.29 is 14.3 Å². The molecule has 0 unspecified atom stereocenters. The third-order valence-electron chi connectivity index (χ3n) is 7.29. The van der Waals surface area contributed by atoms with Gasteiger partial charge in [-0.15, -0.1) is 0 Å². The van der Waals surface area contributed by atoms with E-state index >= 15 is 0 Å². The monoisotopic (exact) mass is 599 g/mol. The Kier molecular flexibility index (Phi) is 12.0. The molecule has 2 amide bonds. The molecule has 4 aromatic rings. The van der Waals surface area contributed by atoms with Crippen LogP contribution < -0.4 is 0 Å². The molecule has 3 aromatic carbocycles. The molecule has 0 saturated heterocycles. The number of aromatic nitrogens is 1. The van der Waals surface area contributed by atoms with E-state index in [2.05, 4.69) is 18.4 Å². The van der Waals surface area contributed by atoms with Crippen molar-refractivity contribution in [2.24, 2.45) is 5.92 Å². The van der Waals surface area contributed by atoms with Crippen LogP contribution in [0.5, 0.6) is 0 Å². The van der Waals surface area contributed by atoms with E-state index in [-0.39, 0.29) is 24.3 Å². The van der Waals surface area contributed by atoms with Crippen molar-refractivity contribution in [3.8, 4) is 11.1 Å². The lowest BCUT2D eigenvalue weighted by atomic mass is 10.0. The van der Waals surface area contributed by atoms with E-state index in [1.165, 1.54) is 0 Å². The molecule has 0 bridgehead atoms. The van der Waals surface area contributed by atoms with Crippen LogP contribution in [-0.2, 0) is 22.6 Å². The third-order valence-corrected chi connectivity index (χ3v) is 7.66. The summed E-state index contributed by atoms with van der Waals surface area (Å²) < 4.78 is 7.66. The number of amides is 2. The van der Waals surface area contributed by atoms with E-state index in [1.54, 1.807) is 4.90 Å². The maximum Gasteiger partial charge on any atom is 0.254 e. The second kappa shape index (κ2) is 16.1. The van der Waals surface area contributed by atoms with Crippen LogP contribution in [0, 0.1) is 5.92 Å². The number of hydrogen-bond acceptors (Lipinski definition) is 3. The van der Waals surface area contributed by atoms with Gasteiger partial charge in [0.15, 0.2) is 0 Å². The zero-order valence-corrected chi connectivity index (χ0v) is 26.2. The first-order valence-corrected chi connectivity index (χ1v) is 15.4. The number of benzene rings is 3. The summed E-state index contributed by atoms with van der Waals surface area (Å²) in [6.45, 7) is 9.39. The van der Waals surface area contributed by atoms with E-state index < -0.39 is 0 Å². The van der Waals surface area contributed by atoms with Crippen LogP contribution in [0.1, 0.15) is 48.8 Å². The molecule has 226 valence electrons. The predicted molar refractivity (Wildman–Crippen MR) is 174 cm³/mol. The molecule has 0 radical (unpaired) electrons. The molecule has 0 saturated carbocycles. The smallest absolute Gasteiger partial charge is 0.254 e. The molecule has 1 aromatic heterocycles. The fourth-order valence-electron chi connectivity index (χ4n) is 5.08. The second-order valence-electron chi connectivity index (χ2n) is 11.1. The molecule has 43 heavy (non-hydrogen) atoms. The van der Waals surface area contributed by atoms with E-state index in [9.17, 15) is 9.59 Å². The Morgan fingerprint density at radius 1 is 0.860 bits per heavy atom. The SMILES string of the molecule is CCOCCCN(CC(=O)N(Cc1cccn1Cc1ccccc1Cl)CC(C)C)C(=O)c1ccc(-c2ccccc2)cc1. The quantitative estimate of drug-likeness (QED) is 0.134. The molecule has 0 fully saturated rings. The minimum Gasteiger partial charge on any atom is -0.382 e. The highest BCUT2D eigenvalue weighted by atomic mass is 35.5. The van der Waals surface area contributed by atoms with Gasteiger partial charge in [0.25, 0.3) is 5.91 Å². The average molecular weight is 600 g/mol. The fourth-order valence-corrected chi connectivity index (χ4v) is 5.28. The Labute approximate surface area is 260 Å². The summed E-state index contributed by atoms with van der Waals surface area (Å²) in [6.07, 6.45) is 2.67. The van der Waals surface area contributed by atoms with Gasteiger partial charge in [-0.25, -0.2) is 0 Å².